The minimum atomic E-state index is -0.718. The highest BCUT2D eigenvalue weighted by atomic mass is 16.6. The van der Waals surface area contributed by atoms with E-state index in [-0.39, 0.29) is 12.6 Å². The monoisotopic (exact) mass is 306 g/mol. The standard InChI is InChI=1S/C17H22O5/c1-10-5-4-6-13(9-21-12(3)18)8-15-16(14(19)7-10)11(2)17(20)22-15/h5,8,14-16,19H,2,4,6-7,9H2,1,3H3/b10-5+,13-8+/t14-,15+,16+/m0/s1. The molecule has 1 aliphatic carbocycles. The molecule has 0 aromatic heterocycles. The Balaban J connectivity index is 2.28. The topological polar surface area (TPSA) is 72.8 Å². The van der Waals surface area contributed by atoms with E-state index in [1.165, 1.54) is 6.92 Å². The Morgan fingerprint density at radius 2 is 2.27 bits per heavy atom. The molecule has 1 fully saturated rings. The smallest absolute Gasteiger partial charge is 0.334 e. The molecule has 3 atom stereocenters. The van der Waals surface area contributed by atoms with Crippen molar-refractivity contribution in [3.63, 3.8) is 0 Å². The number of rotatable bonds is 2. The molecule has 5 heteroatoms. The Bertz CT molecular complexity index is 543. The van der Waals surface area contributed by atoms with E-state index >= 15 is 0 Å². The third-order valence-electron chi connectivity index (χ3n) is 4.03. The number of allylic oxidation sites excluding steroid dienone is 1. The molecular weight excluding hydrogens is 284 g/mol. The summed E-state index contributed by atoms with van der Waals surface area (Å²) in [5, 5.41) is 10.4. The molecule has 2 rings (SSSR count). The molecule has 5 nitrogen and oxygen atoms in total. The Kier molecular flexibility index (Phi) is 5.19. The fourth-order valence-corrected chi connectivity index (χ4v) is 2.87. The van der Waals surface area contributed by atoms with E-state index in [0.29, 0.717) is 18.4 Å². The van der Waals surface area contributed by atoms with Crippen LogP contribution in [0.4, 0.5) is 0 Å². The van der Waals surface area contributed by atoms with E-state index in [2.05, 4.69) is 12.7 Å². The van der Waals surface area contributed by atoms with Crippen molar-refractivity contribution in [2.24, 2.45) is 5.92 Å². The second-order valence-electron chi connectivity index (χ2n) is 5.89. The first kappa shape index (κ1) is 16.5. The molecule has 1 N–H and O–H groups in total. The third kappa shape index (κ3) is 3.85. The minimum Gasteiger partial charge on any atom is -0.461 e. The van der Waals surface area contributed by atoms with E-state index in [4.69, 9.17) is 9.47 Å². The van der Waals surface area contributed by atoms with Crippen molar-refractivity contribution in [2.75, 3.05) is 6.61 Å². The highest BCUT2D eigenvalue weighted by Gasteiger charge is 2.42. The predicted octanol–water partition coefficient (Wildman–Crippen LogP) is 2.06. The summed E-state index contributed by atoms with van der Waals surface area (Å²) in [5.74, 6) is -1.28. The number of fused-ring (bicyclic) bond motifs is 1. The lowest BCUT2D eigenvalue weighted by atomic mass is 9.85. The van der Waals surface area contributed by atoms with Crippen LogP contribution in [-0.2, 0) is 19.1 Å². The van der Waals surface area contributed by atoms with Gasteiger partial charge in [-0.3, -0.25) is 4.79 Å². The Hall–Kier alpha value is -1.88. The number of hydrogen-bond donors (Lipinski definition) is 1. The van der Waals surface area contributed by atoms with Crippen LogP contribution in [0.1, 0.15) is 33.1 Å². The molecule has 0 spiro atoms. The zero-order chi connectivity index (χ0) is 16.3. The average Bonchev–Trinajstić information content (AvgIpc) is 2.70. The Morgan fingerprint density at radius 1 is 1.55 bits per heavy atom. The maximum Gasteiger partial charge on any atom is 0.334 e. The SMILES string of the molecule is C=C1C(=O)O[C@@H]2/C=C(/COC(C)=O)CC/C=C(\C)C[C@H](O)[C@@H]12. The molecular formula is C17H22O5. The summed E-state index contributed by atoms with van der Waals surface area (Å²) in [4.78, 5) is 22.8. The summed E-state index contributed by atoms with van der Waals surface area (Å²) in [6.45, 7) is 7.23. The van der Waals surface area contributed by atoms with Crippen LogP contribution >= 0.6 is 0 Å². The molecule has 120 valence electrons. The van der Waals surface area contributed by atoms with Crippen molar-refractivity contribution >= 4 is 11.9 Å². The van der Waals surface area contributed by atoms with Gasteiger partial charge in [-0.2, -0.15) is 0 Å². The molecule has 0 bridgehead atoms. The summed E-state index contributed by atoms with van der Waals surface area (Å²) in [6.07, 6.45) is 4.58. The summed E-state index contributed by atoms with van der Waals surface area (Å²) < 4.78 is 10.4. The van der Waals surface area contributed by atoms with Gasteiger partial charge in [0.25, 0.3) is 0 Å². The van der Waals surface area contributed by atoms with Gasteiger partial charge in [-0.05, 0) is 37.8 Å². The number of carbonyl (C=O) groups is 2. The van der Waals surface area contributed by atoms with Crippen LogP contribution in [0.25, 0.3) is 0 Å². The minimum absolute atomic E-state index is 0.172. The largest absolute Gasteiger partial charge is 0.461 e. The first-order valence-corrected chi connectivity index (χ1v) is 7.45. The zero-order valence-corrected chi connectivity index (χ0v) is 13.0. The summed E-state index contributed by atoms with van der Waals surface area (Å²) >= 11 is 0. The van der Waals surface area contributed by atoms with Crippen LogP contribution in [0, 0.1) is 5.92 Å². The molecule has 1 saturated heterocycles. The molecule has 0 amide bonds. The normalized spacial score (nSPS) is 33.9. The first-order valence-electron chi connectivity index (χ1n) is 7.45. The second kappa shape index (κ2) is 6.92. The maximum absolute atomic E-state index is 11.8. The highest BCUT2D eigenvalue weighted by Crippen LogP contribution is 2.34. The molecule has 0 radical (unpaired) electrons. The Labute approximate surface area is 130 Å². The van der Waals surface area contributed by atoms with Crippen molar-refractivity contribution in [3.05, 3.63) is 35.5 Å². The molecule has 1 aliphatic heterocycles. The van der Waals surface area contributed by atoms with E-state index in [0.717, 1.165) is 17.6 Å². The van der Waals surface area contributed by atoms with E-state index in [1.54, 1.807) is 6.08 Å². The van der Waals surface area contributed by atoms with Crippen LogP contribution in [0.3, 0.4) is 0 Å². The summed E-state index contributed by atoms with van der Waals surface area (Å²) in [5.41, 5.74) is 2.24. The number of esters is 2. The van der Waals surface area contributed by atoms with Crippen molar-refractivity contribution in [1.29, 1.82) is 0 Å². The van der Waals surface area contributed by atoms with Gasteiger partial charge in [-0.15, -0.1) is 0 Å². The second-order valence-corrected chi connectivity index (χ2v) is 5.89. The van der Waals surface area contributed by atoms with Crippen LogP contribution in [0.15, 0.2) is 35.5 Å². The summed E-state index contributed by atoms with van der Waals surface area (Å²) in [7, 11) is 0. The van der Waals surface area contributed by atoms with Crippen molar-refractivity contribution in [2.45, 2.75) is 45.3 Å². The van der Waals surface area contributed by atoms with Crippen LogP contribution in [0.2, 0.25) is 0 Å². The van der Waals surface area contributed by atoms with E-state index in [1.807, 2.05) is 6.92 Å². The number of aliphatic hydroxyl groups is 1. The van der Waals surface area contributed by atoms with Gasteiger partial charge in [0.1, 0.15) is 12.7 Å². The van der Waals surface area contributed by atoms with E-state index in [9.17, 15) is 14.7 Å². The lowest BCUT2D eigenvalue weighted by molar-refractivity contribution is -0.140. The lowest BCUT2D eigenvalue weighted by Crippen LogP contribution is -2.29. The molecule has 0 unspecified atom stereocenters. The predicted molar refractivity (Wildman–Crippen MR) is 80.8 cm³/mol. The van der Waals surface area contributed by atoms with Gasteiger partial charge in [-0.1, -0.05) is 18.2 Å². The van der Waals surface area contributed by atoms with Gasteiger partial charge >= 0.3 is 11.9 Å². The molecule has 0 aromatic carbocycles. The lowest BCUT2D eigenvalue weighted by Gasteiger charge is -2.23. The quantitative estimate of drug-likeness (QED) is 0.480. The molecule has 2 aliphatic rings. The fraction of sp³-hybridized carbons (Fsp3) is 0.529. The van der Waals surface area contributed by atoms with Crippen molar-refractivity contribution < 1.29 is 24.2 Å². The van der Waals surface area contributed by atoms with Gasteiger partial charge in [0.2, 0.25) is 0 Å². The van der Waals surface area contributed by atoms with Crippen molar-refractivity contribution in [1.82, 2.24) is 0 Å². The average molecular weight is 306 g/mol. The Morgan fingerprint density at radius 3 is 2.95 bits per heavy atom. The van der Waals surface area contributed by atoms with Gasteiger partial charge in [-0.25, -0.2) is 4.79 Å². The molecule has 1 heterocycles. The van der Waals surface area contributed by atoms with E-state index < -0.39 is 24.1 Å². The zero-order valence-electron chi connectivity index (χ0n) is 13.0. The fourth-order valence-electron chi connectivity index (χ4n) is 2.87. The number of aliphatic hydroxyl groups excluding tert-OH is 1. The number of carbonyl (C=O) groups excluding carboxylic acids is 2. The summed E-state index contributed by atoms with van der Waals surface area (Å²) in [6, 6.07) is 0. The van der Waals surface area contributed by atoms with Gasteiger partial charge in [0.05, 0.1) is 12.0 Å². The van der Waals surface area contributed by atoms with Crippen LogP contribution in [-0.4, -0.2) is 35.9 Å². The molecule has 22 heavy (non-hydrogen) atoms. The third-order valence-corrected chi connectivity index (χ3v) is 4.03. The van der Waals surface area contributed by atoms with Crippen LogP contribution < -0.4 is 0 Å². The van der Waals surface area contributed by atoms with Crippen molar-refractivity contribution in [3.8, 4) is 0 Å². The van der Waals surface area contributed by atoms with Gasteiger partial charge in [0, 0.05) is 12.5 Å². The number of ether oxygens (including phenoxy) is 2. The molecule has 0 aromatic rings. The number of hydrogen-bond acceptors (Lipinski definition) is 5. The first-order chi connectivity index (χ1) is 10.4. The van der Waals surface area contributed by atoms with Gasteiger partial charge < -0.3 is 14.6 Å². The highest BCUT2D eigenvalue weighted by molar-refractivity contribution is 5.91. The van der Waals surface area contributed by atoms with Gasteiger partial charge in [0.15, 0.2) is 0 Å². The molecule has 0 saturated carbocycles. The maximum atomic E-state index is 11.8. The van der Waals surface area contributed by atoms with Crippen LogP contribution in [0.5, 0.6) is 0 Å².